The van der Waals surface area contributed by atoms with Crippen molar-refractivity contribution in [3.05, 3.63) is 46.2 Å². The predicted octanol–water partition coefficient (Wildman–Crippen LogP) is 2.63. The van der Waals surface area contributed by atoms with Gasteiger partial charge in [0, 0.05) is 23.5 Å². The van der Waals surface area contributed by atoms with Gasteiger partial charge in [-0.3, -0.25) is 4.99 Å². The molecule has 96 valence electrons. The van der Waals surface area contributed by atoms with Gasteiger partial charge in [-0.25, -0.2) is 0 Å². The highest BCUT2D eigenvalue weighted by molar-refractivity contribution is 5.72. The molecule has 0 saturated carbocycles. The van der Waals surface area contributed by atoms with Crippen LogP contribution in [0.3, 0.4) is 0 Å². The van der Waals surface area contributed by atoms with Crippen LogP contribution < -0.4 is 16.0 Å². The zero-order valence-electron chi connectivity index (χ0n) is 11.1. The van der Waals surface area contributed by atoms with E-state index in [2.05, 4.69) is 48.4 Å². The molecule has 2 aromatic rings. The smallest absolute Gasteiger partial charge is 0.153 e. The Labute approximate surface area is 112 Å². The molecule has 0 unspecified atom stereocenters. The van der Waals surface area contributed by atoms with Crippen molar-refractivity contribution in [3.63, 3.8) is 0 Å². The van der Waals surface area contributed by atoms with Crippen LogP contribution in [-0.4, -0.2) is 6.21 Å². The van der Waals surface area contributed by atoms with Crippen LogP contribution in [0.15, 0.2) is 33.9 Å². The van der Waals surface area contributed by atoms with Gasteiger partial charge in [0.1, 0.15) is 6.26 Å². The van der Waals surface area contributed by atoms with Crippen LogP contribution in [0.1, 0.15) is 17.5 Å². The van der Waals surface area contributed by atoms with Gasteiger partial charge >= 0.3 is 0 Å². The maximum absolute atomic E-state index is 5.54. The molecule has 0 spiro atoms. The lowest BCUT2D eigenvalue weighted by atomic mass is 10.1. The minimum Gasteiger partial charge on any atom is -0.460 e. The van der Waals surface area contributed by atoms with Crippen LogP contribution in [0.2, 0.25) is 0 Å². The van der Waals surface area contributed by atoms with Crippen LogP contribution in [0.5, 0.6) is 0 Å². The molecule has 0 saturated heterocycles. The summed E-state index contributed by atoms with van der Waals surface area (Å²) in [6, 6.07) is 6.37. The van der Waals surface area contributed by atoms with Crippen molar-refractivity contribution in [2.75, 3.05) is 5.32 Å². The van der Waals surface area contributed by atoms with Gasteiger partial charge < -0.3 is 9.73 Å². The molecule has 3 nitrogen and oxygen atoms in total. The highest BCUT2D eigenvalue weighted by Gasteiger charge is 2.05. The fourth-order valence-electron chi connectivity index (χ4n) is 2.24. The van der Waals surface area contributed by atoms with Gasteiger partial charge in [0.25, 0.3) is 0 Å². The van der Waals surface area contributed by atoms with Crippen LogP contribution in [-0.2, 0) is 0 Å². The van der Waals surface area contributed by atoms with Crippen LogP contribution >= 0.6 is 0 Å². The third-order valence-electron chi connectivity index (χ3n) is 3.24. The summed E-state index contributed by atoms with van der Waals surface area (Å²) in [7, 11) is 0. The zero-order valence-corrected chi connectivity index (χ0v) is 11.1. The SMILES string of the molecule is Cc1ccc(Nc2coc3c2=CCC=NC=3)c(C)c1. The van der Waals surface area contributed by atoms with Gasteiger partial charge in [0.05, 0.1) is 11.9 Å². The first-order valence-corrected chi connectivity index (χ1v) is 6.38. The van der Waals surface area contributed by atoms with Crippen LogP contribution in [0.25, 0.3) is 12.3 Å². The molecule has 1 aromatic heterocycles. The largest absolute Gasteiger partial charge is 0.460 e. The van der Waals surface area contributed by atoms with Crippen LogP contribution in [0, 0.1) is 13.8 Å². The monoisotopic (exact) mass is 252 g/mol. The molecule has 0 aliphatic carbocycles. The van der Waals surface area contributed by atoms with E-state index in [1.165, 1.54) is 11.1 Å². The van der Waals surface area contributed by atoms with E-state index in [0.717, 1.165) is 28.4 Å². The molecule has 19 heavy (non-hydrogen) atoms. The summed E-state index contributed by atoms with van der Waals surface area (Å²) in [6.07, 6.45) is 8.32. The number of nitrogens with one attached hydrogen (secondary N) is 1. The van der Waals surface area contributed by atoms with Gasteiger partial charge in [-0.05, 0) is 25.5 Å². The standard InChI is InChI=1S/C16H16N2O/c1-11-5-6-14(12(2)8-11)18-15-10-19-16-9-17-7-3-4-13(15)16/h4-10,18H,3H2,1-2H3. The number of hydrogen-bond acceptors (Lipinski definition) is 3. The summed E-state index contributed by atoms with van der Waals surface area (Å²) in [5.74, 6) is 0. The van der Waals surface area contributed by atoms with Crippen molar-refractivity contribution in [2.24, 2.45) is 4.99 Å². The van der Waals surface area contributed by atoms with Crippen molar-refractivity contribution in [1.82, 2.24) is 0 Å². The molecule has 1 aliphatic rings. The third kappa shape index (κ3) is 2.32. The van der Waals surface area contributed by atoms with Gasteiger partial charge in [-0.1, -0.05) is 23.8 Å². The van der Waals surface area contributed by atoms with E-state index in [-0.39, 0.29) is 0 Å². The van der Waals surface area contributed by atoms with E-state index >= 15 is 0 Å². The third-order valence-corrected chi connectivity index (χ3v) is 3.24. The normalized spacial score (nSPS) is 13.2. The molecule has 1 aromatic carbocycles. The number of aryl methyl sites for hydroxylation is 2. The second-order valence-corrected chi connectivity index (χ2v) is 4.77. The lowest BCUT2D eigenvalue weighted by Gasteiger charge is -2.08. The summed E-state index contributed by atoms with van der Waals surface area (Å²) in [5, 5.41) is 4.52. The Bertz CT molecular complexity index is 754. The molecule has 0 fully saturated rings. The molecule has 0 amide bonds. The molecule has 0 bridgehead atoms. The maximum atomic E-state index is 5.54. The van der Waals surface area contributed by atoms with Crippen LogP contribution in [0.4, 0.5) is 11.4 Å². The Kier molecular flexibility index (Phi) is 2.95. The quantitative estimate of drug-likeness (QED) is 0.892. The average Bonchev–Trinajstić information content (AvgIpc) is 2.61. The van der Waals surface area contributed by atoms with Gasteiger partial charge in [-0.2, -0.15) is 0 Å². The van der Waals surface area contributed by atoms with Crippen molar-refractivity contribution >= 4 is 29.9 Å². The maximum Gasteiger partial charge on any atom is 0.153 e. The molecule has 1 aliphatic heterocycles. The van der Waals surface area contributed by atoms with E-state index in [1.807, 2.05) is 6.21 Å². The lowest BCUT2D eigenvalue weighted by Crippen LogP contribution is -2.21. The molecule has 1 N–H and O–H groups in total. The number of nitrogens with zero attached hydrogens (tertiary/aromatic N) is 1. The number of anilines is 2. The second-order valence-electron chi connectivity index (χ2n) is 4.77. The van der Waals surface area contributed by atoms with E-state index in [1.54, 1.807) is 12.5 Å². The summed E-state index contributed by atoms with van der Waals surface area (Å²) in [5.41, 5.74) is 5.39. The summed E-state index contributed by atoms with van der Waals surface area (Å²) >= 11 is 0. The molecule has 3 rings (SSSR count). The van der Waals surface area contributed by atoms with Crippen molar-refractivity contribution in [3.8, 4) is 0 Å². The number of rotatable bonds is 2. The summed E-state index contributed by atoms with van der Waals surface area (Å²) < 4.78 is 5.54. The van der Waals surface area contributed by atoms with Crippen molar-refractivity contribution in [1.29, 1.82) is 0 Å². The fraction of sp³-hybridized carbons (Fsp3) is 0.188. The number of benzene rings is 1. The summed E-state index contributed by atoms with van der Waals surface area (Å²) in [4.78, 5) is 4.16. The molecular weight excluding hydrogens is 236 g/mol. The topological polar surface area (TPSA) is 37.5 Å². The zero-order chi connectivity index (χ0) is 13.2. The Morgan fingerprint density at radius 3 is 2.95 bits per heavy atom. The fourth-order valence-corrected chi connectivity index (χ4v) is 2.24. The minimum absolute atomic E-state index is 0.806. The molecule has 0 radical (unpaired) electrons. The second kappa shape index (κ2) is 4.76. The molecule has 3 heteroatoms. The number of furan rings is 1. The summed E-state index contributed by atoms with van der Waals surface area (Å²) in [6.45, 7) is 4.20. The predicted molar refractivity (Wildman–Crippen MR) is 79.2 cm³/mol. The Morgan fingerprint density at radius 2 is 2.11 bits per heavy atom. The first kappa shape index (κ1) is 11.8. The van der Waals surface area contributed by atoms with Gasteiger partial charge in [-0.15, -0.1) is 0 Å². The van der Waals surface area contributed by atoms with E-state index in [9.17, 15) is 0 Å². The van der Waals surface area contributed by atoms with E-state index in [0.29, 0.717) is 0 Å². The Hall–Kier alpha value is -2.29. The average molecular weight is 252 g/mol. The molecule has 2 heterocycles. The highest BCUT2D eigenvalue weighted by Crippen LogP contribution is 2.19. The first-order valence-electron chi connectivity index (χ1n) is 6.38. The van der Waals surface area contributed by atoms with Gasteiger partial charge in [0.15, 0.2) is 5.42 Å². The Morgan fingerprint density at radius 1 is 1.21 bits per heavy atom. The first-order chi connectivity index (χ1) is 9.24. The molecular formula is C16H16N2O. The number of hydrogen-bond donors (Lipinski definition) is 1. The number of fused-ring (bicyclic) bond motifs is 1. The lowest BCUT2D eigenvalue weighted by molar-refractivity contribution is 0.531. The van der Waals surface area contributed by atoms with E-state index < -0.39 is 0 Å². The highest BCUT2D eigenvalue weighted by atomic mass is 16.3. The molecule has 0 atom stereocenters. The Balaban J connectivity index is 2.02. The van der Waals surface area contributed by atoms with E-state index in [4.69, 9.17) is 4.42 Å². The number of aliphatic imine (C=N–C) groups is 1. The van der Waals surface area contributed by atoms with Gasteiger partial charge in [0.2, 0.25) is 0 Å². The van der Waals surface area contributed by atoms with Crippen molar-refractivity contribution in [2.45, 2.75) is 20.3 Å². The minimum atomic E-state index is 0.806. The van der Waals surface area contributed by atoms with Crippen molar-refractivity contribution < 1.29 is 4.42 Å².